The fourth-order valence-corrected chi connectivity index (χ4v) is 5.80. The third kappa shape index (κ3) is 4.57. The van der Waals surface area contributed by atoms with Crippen molar-refractivity contribution in [1.82, 2.24) is 35.5 Å². The van der Waals surface area contributed by atoms with Crippen LogP contribution in [0, 0.1) is 5.92 Å². The van der Waals surface area contributed by atoms with Crippen molar-refractivity contribution in [2.75, 3.05) is 55.7 Å². The highest BCUT2D eigenvalue weighted by Gasteiger charge is 2.45. The molecule has 3 aromatic rings. The summed E-state index contributed by atoms with van der Waals surface area (Å²) in [7, 11) is 0. The van der Waals surface area contributed by atoms with E-state index >= 15 is 0 Å². The standard InChI is InChI=1S/C27H35N9O/c1-2-10-34(9-1)23-12-24(31-30-15-23)25-17-36(33-32-25)27(18-37-19-27)26-8-7-22(14-29-26)35-11-3-4-21(16-35)28-13-20-5-6-20/h7-8,12,14-15,17,20-21,28H,1-6,9-11,13,16,18-19H2/t21-/m1/s1. The number of hydrogen-bond acceptors (Lipinski definition) is 9. The fourth-order valence-electron chi connectivity index (χ4n) is 5.80. The average Bonchev–Trinajstić information content (AvgIpc) is 3.36. The zero-order chi connectivity index (χ0) is 24.7. The quantitative estimate of drug-likeness (QED) is 0.499. The smallest absolute Gasteiger partial charge is 0.152 e. The van der Waals surface area contributed by atoms with Crippen LogP contribution in [0.5, 0.6) is 0 Å². The minimum absolute atomic E-state index is 0.444. The number of ether oxygens (including phenoxy) is 1. The van der Waals surface area contributed by atoms with E-state index in [9.17, 15) is 0 Å². The Balaban J connectivity index is 1.08. The number of nitrogens with one attached hydrogen (secondary N) is 1. The summed E-state index contributed by atoms with van der Waals surface area (Å²) in [5, 5.41) is 21.3. The fraction of sp³-hybridized carbons (Fsp3) is 0.593. The summed E-state index contributed by atoms with van der Waals surface area (Å²) in [6, 6.07) is 6.97. The topological polar surface area (TPSA) is 97.1 Å². The third-order valence-corrected chi connectivity index (χ3v) is 8.39. The molecule has 7 rings (SSSR count). The molecule has 1 aliphatic carbocycles. The molecule has 0 unspecified atom stereocenters. The summed E-state index contributed by atoms with van der Waals surface area (Å²) in [6.07, 6.45) is 13.5. The van der Waals surface area contributed by atoms with Crippen molar-refractivity contribution < 1.29 is 4.74 Å². The van der Waals surface area contributed by atoms with Gasteiger partial charge in [0.2, 0.25) is 0 Å². The second kappa shape index (κ2) is 9.64. The number of pyridine rings is 1. The van der Waals surface area contributed by atoms with Crippen LogP contribution < -0.4 is 15.1 Å². The Morgan fingerprint density at radius 3 is 2.54 bits per heavy atom. The maximum atomic E-state index is 5.68. The van der Waals surface area contributed by atoms with E-state index in [1.807, 2.05) is 23.3 Å². The molecule has 0 spiro atoms. The molecule has 10 nitrogen and oxygen atoms in total. The molecule has 0 amide bonds. The summed E-state index contributed by atoms with van der Waals surface area (Å²) < 4.78 is 7.58. The van der Waals surface area contributed by atoms with Crippen molar-refractivity contribution in [2.24, 2.45) is 5.92 Å². The maximum Gasteiger partial charge on any atom is 0.152 e. The van der Waals surface area contributed by atoms with Crippen LogP contribution in [0.2, 0.25) is 0 Å². The highest BCUT2D eigenvalue weighted by atomic mass is 16.5. The van der Waals surface area contributed by atoms with Gasteiger partial charge in [-0.05, 0) is 69.2 Å². The van der Waals surface area contributed by atoms with Gasteiger partial charge in [-0.1, -0.05) is 5.21 Å². The van der Waals surface area contributed by atoms with E-state index in [0.29, 0.717) is 19.3 Å². The van der Waals surface area contributed by atoms with E-state index in [4.69, 9.17) is 9.72 Å². The summed E-state index contributed by atoms with van der Waals surface area (Å²) >= 11 is 0. The van der Waals surface area contributed by atoms with Gasteiger partial charge in [-0.3, -0.25) is 4.98 Å². The lowest BCUT2D eigenvalue weighted by atomic mass is 9.92. The highest BCUT2D eigenvalue weighted by molar-refractivity contribution is 5.59. The lowest BCUT2D eigenvalue weighted by Crippen LogP contribution is -2.53. The molecule has 1 atom stereocenters. The molecule has 3 saturated heterocycles. The van der Waals surface area contributed by atoms with Gasteiger partial charge < -0.3 is 19.9 Å². The van der Waals surface area contributed by atoms with Crippen LogP contribution in [0.4, 0.5) is 11.4 Å². The van der Waals surface area contributed by atoms with Crippen molar-refractivity contribution >= 4 is 11.4 Å². The predicted molar refractivity (Wildman–Crippen MR) is 141 cm³/mol. The van der Waals surface area contributed by atoms with Crippen molar-refractivity contribution in [2.45, 2.75) is 50.1 Å². The molecule has 1 N–H and O–H groups in total. The van der Waals surface area contributed by atoms with Gasteiger partial charge in [0.25, 0.3) is 0 Å². The monoisotopic (exact) mass is 501 g/mol. The summed E-state index contributed by atoms with van der Waals surface area (Å²) in [6.45, 7) is 6.49. The molecule has 4 fully saturated rings. The Labute approximate surface area is 217 Å². The SMILES string of the molecule is c1nnc(-c2cn(C3(c4ccc(N5CCC[C@@H](NCC6CC6)C5)cn4)COC3)nn2)cc1N1CCCC1. The molecule has 4 aliphatic rings. The third-order valence-electron chi connectivity index (χ3n) is 8.39. The lowest BCUT2D eigenvalue weighted by Gasteiger charge is -2.40. The number of hydrogen-bond donors (Lipinski definition) is 1. The first kappa shape index (κ1) is 23.0. The Morgan fingerprint density at radius 2 is 1.78 bits per heavy atom. The van der Waals surface area contributed by atoms with Crippen molar-refractivity contribution in [3.63, 3.8) is 0 Å². The number of aromatic nitrogens is 6. The molecule has 3 aromatic heterocycles. The van der Waals surface area contributed by atoms with Crippen LogP contribution in [0.25, 0.3) is 11.4 Å². The van der Waals surface area contributed by atoms with Crippen molar-refractivity contribution in [3.8, 4) is 11.4 Å². The minimum atomic E-state index is -0.444. The molecular formula is C27H35N9O. The van der Waals surface area contributed by atoms with Gasteiger partial charge in [-0.15, -0.1) is 10.2 Å². The van der Waals surface area contributed by atoms with Gasteiger partial charge in [-0.25, -0.2) is 4.68 Å². The van der Waals surface area contributed by atoms with E-state index in [0.717, 1.165) is 54.9 Å². The highest BCUT2D eigenvalue weighted by Crippen LogP contribution is 2.34. The van der Waals surface area contributed by atoms with Crippen LogP contribution in [0.3, 0.4) is 0 Å². The first-order valence-corrected chi connectivity index (χ1v) is 13.8. The number of piperidine rings is 1. The summed E-state index contributed by atoms with van der Waals surface area (Å²) in [4.78, 5) is 9.73. The summed E-state index contributed by atoms with van der Waals surface area (Å²) in [5.41, 5.74) is 4.25. The Kier molecular flexibility index (Phi) is 6.01. The van der Waals surface area contributed by atoms with E-state index < -0.39 is 5.54 Å². The van der Waals surface area contributed by atoms with Crippen LogP contribution in [-0.2, 0) is 10.3 Å². The molecule has 194 valence electrons. The van der Waals surface area contributed by atoms with Gasteiger partial charge in [0, 0.05) is 32.2 Å². The number of nitrogens with zero attached hydrogens (tertiary/aromatic N) is 8. The lowest BCUT2D eigenvalue weighted by molar-refractivity contribution is -0.0851. The normalized spacial score (nSPS) is 23.3. The van der Waals surface area contributed by atoms with Crippen LogP contribution in [0.15, 0.2) is 36.8 Å². The minimum Gasteiger partial charge on any atom is -0.375 e. The first-order valence-electron chi connectivity index (χ1n) is 13.8. The zero-order valence-electron chi connectivity index (χ0n) is 21.3. The van der Waals surface area contributed by atoms with Crippen LogP contribution in [0.1, 0.15) is 44.2 Å². The number of anilines is 2. The maximum absolute atomic E-state index is 5.68. The van der Waals surface area contributed by atoms with Gasteiger partial charge in [0.05, 0.1) is 48.9 Å². The van der Waals surface area contributed by atoms with Gasteiger partial charge in [0.1, 0.15) is 11.4 Å². The second-order valence-electron chi connectivity index (χ2n) is 11.1. The molecular weight excluding hydrogens is 466 g/mol. The molecule has 3 aliphatic heterocycles. The van der Waals surface area contributed by atoms with E-state index in [-0.39, 0.29) is 0 Å². The molecule has 0 aromatic carbocycles. The molecule has 37 heavy (non-hydrogen) atoms. The van der Waals surface area contributed by atoms with E-state index in [2.05, 4.69) is 53.8 Å². The molecule has 1 saturated carbocycles. The van der Waals surface area contributed by atoms with Crippen LogP contribution in [-0.4, -0.2) is 82.2 Å². The Bertz CT molecular complexity index is 1210. The van der Waals surface area contributed by atoms with Gasteiger partial charge >= 0.3 is 0 Å². The Morgan fingerprint density at radius 1 is 0.919 bits per heavy atom. The number of rotatable bonds is 8. The average molecular weight is 502 g/mol. The van der Waals surface area contributed by atoms with Crippen molar-refractivity contribution in [3.05, 3.63) is 42.5 Å². The van der Waals surface area contributed by atoms with Gasteiger partial charge in [0.15, 0.2) is 5.54 Å². The largest absolute Gasteiger partial charge is 0.375 e. The molecule has 0 radical (unpaired) electrons. The second-order valence-corrected chi connectivity index (χ2v) is 11.1. The molecule has 6 heterocycles. The zero-order valence-corrected chi connectivity index (χ0v) is 21.3. The predicted octanol–water partition coefficient (Wildman–Crippen LogP) is 2.47. The van der Waals surface area contributed by atoms with E-state index in [1.54, 1.807) is 0 Å². The van der Waals surface area contributed by atoms with Crippen molar-refractivity contribution in [1.29, 1.82) is 0 Å². The molecule has 0 bridgehead atoms. The van der Waals surface area contributed by atoms with Gasteiger partial charge in [-0.2, -0.15) is 5.10 Å². The van der Waals surface area contributed by atoms with E-state index in [1.165, 1.54) is 50.8 Å². The van der Waals surface area contributed by atoms with Crippen LogP contribution >= 0.6 is 0 Å². The Hall–Kier alpha value is -3.11. The molecule has 10 heteroatoms. The first-order chi connectivity index (χ1) is 18.3. The summed E-state index contributed by atoms with van der Waals surface area (Å²) in [5.74, 6) is 0.913.